The lowest BCUT2D eigenvalue weighted by molar-refractivity contribution is 0.415. The van der Waals surface area contributed by atoms with Gasteiger partial charge in [0.2, 0.25) is 0 Å². The Kier molecular flexibility index (Phi) is 5.01. The molecule has 1 aromatic carbocycles. The number of nitrogens with zero attached hydrogens (tertiary/aromatic N) is 2. The predicted molar refractivity (Wildman–Crippen MR) is 80.9 cm³/mol. The Labute approximate surface area is 119 Å². The molecule has 1 aromatic heterocycles. The van der Waals surface area contributed by atoms with E-state index in [1.54, 1.807) is 7.11 Å². The second-order valence-electron chi connectivity index (χ2n) is 4.67. The largest absolute Gasteiger partial charge is 0.497 e. The Balaban J connectivity index is 2.13. The first-order valence-corrected chi connectivity index (χ1v) is 6.89. The molecule has 1 heterocycles. The molecule has 0 aliphatic carbocycles. The second-order valence-corrected chi connectivity index (χ2v) is 4.67. The molecule has 108 valence electrons. The average molecular weight is 274 g/mol. The van der Waals surface area contributed by atoms with Gasteiger partial charge in [-0.25, -0.2) is 4.98 Å². The third kappa shape index (κ3) is 3.30. The summed E-state index contributed by atoms with van der Waals surface area (Å²) in [6, 6.07) is 7.89. The van der Waals surface area contributed by atoms with Crippen LogP contribution < -0.4 is 15.8 Å². The fraction of sp³-hybridized carbons (Fsp3) is 0.400. The molecule has 1 atom stereocenters. The summed E-state index contributed by atoms with van der Waals surface area (Å²) in [5.41, 5.74) is 8.04. The lowest BCUT2D eigenvalue weighted by Crippen LogP contribution is -2.23. The monoisotopic (exact) mass is 274 g/mol. The highest BCUT2D eigenvalue weighted by molar-refractivity contribution is 5.47. The summed E-state index contributed by atoms with van der Waals surface area (Å²) in [4.78, 5) is 4.23. The summed E-state index contributed by atoms with van der Waals surface area (Å²) in [5, 5.41) is 3.44. The number of aromatic nitrogens is 2. The number of nitrogens with one attached hydrogen (secondary N) is 1. The molecule has 5 nitrogen and oxygen atoms in total. The van der Waals surface area contributed by atoms with Gasteiger partial charge in [0.05, 0.1) is 31.4 Å². The maximum atomic E-state index is 5.90. The van der Waals surface area contributed by atoms with Crippen LogP contribution in [0.3, 0.4) is 0 Å². The molecule has 0 radical (unpaired) electrons. The molecule has 0 aliphatic heterocycles. The minimum absolute atomic E-state index is 0.0532. The molecule has 3 N–H and O–H groups in total. The number of imidazole rings is 1. The summed E-state index contributed by atoms with van der Waals surface area (Å²) < 4.78 is 7.30. The van der Waals surface area contributed by atoms with Gasteiger partial charge in [0.25, 0.3) is 0 Å². The number of anilines is 1. The number of nitrogens with two attached hydrogens (primary N) is 1. The van der Waals surface area contributed by atoms with Gasteiger partial charge in [0, 0.05) is 18.8 Å². The molecule has 0 bridgehead atoms. The Bertz CT molecular complexity index is 521. The van der Waals surface area contributed by atoms with E-state index < -0.39 is 0 Å². The van der Waals surface area contributed by atoms with Crippen molar-refractivity contribution >= 4 is 5.69 Å². The molecule has 0 saturated carbocycles. The minimum Gasteiger partial charge on any atom is -0.497 e. The molecule has 2 aromatic rings. The Morgan fingerprint density at radius 2 is 2.10 bits per heavy atom. The zero-order valence-electron chi connectivity index (χ0n) is 12.0. The van der Waals surface area contributed by atoms with Crippen LogP contribution in [0.1, 0.15) is 25.1 Å². The molecular formula is C15H22N4O. The van der Waals surface area contributed by atoms with Gasteiger partial charge in [-0.05, 0) is 30.7 Å². The molecular weight excluding hydrogens is 252 g/mol. The SMILES string of the molecule is CCCn1cncc1C(CN)Nc1ccc(OC)cc1. The molecule has 2 rings (SSSR count). The zero-order valence-corrected chi connectivity index (χ0v) is 12.0. The van der Waals surface area contributed by atoms with Crippen molar-refractivity contribution in [2.24, 2.45) is 5.73 Å². The fourth-order valence-corrected chi connectivity index (χ4v) is 2.19. The summed E-state index contributed by atoms with van der Waals surface area (Å²) in [6.07, 6.45) is 4.81. The van der Waals surface area contributed by atoms with E-state index in [0.29, 0.717) is 6.54 Å². The van der Waals surface area contributed by atoms with Gasteiger partial charge < -0.3 is 20.4 Å². The Hall–Kier alpha value is -2.01. The van der Waals surface area contributed by atoms with Crippen LogP contribution in [-0.2, 0) is 6.54 Å². The average Bonchev–Trinajstić information content (AvgIpc) is 2.94. The van der Waals surface area contributed by atoms with Crippen LogP contribution in [0.15, 0.2) is 36.8 Å². The highest BCUT2D eigenvalue weighted by atomic mass is 16.5. The van der Waals surface area contributed by atoms with E-state index in [9.17, 15) is 0 Å². The maximum absolute atomic E-state index is 5.90. The van der Waals surface area contributed by atoms with Crippen molar-refractivity contribution in [3.05, 3.63) is 42.5 Å². The molecule has 1 unspecified atom stereocenters. The van der Waals surface area contributed by atoms with Crippen molar-refractivity contribution in [3.63, 3.8) is 0 Å². The van der Waals surface area contributed by atoms with Crippen LogP contribution in [0.4, 0.5) is 5.69 Å². The van der Waals surface area contributed by atoms with E-state index in [0.717, 1.165) is 30.1 Å². The zero-order chi connectivity index (χ0) is 14.4. The van der Waals surface area contributed by atoms with Crippen LogP contribution in [-0.4, -0.2) is 23.2 Å². The highest BCUT2D eigenvalue weighted by Gasteiger charge is 2.14. The van der Waals surface area contributed by atoms with E-state index in [1.807, 2.05) is 36.8 Å². The van der Waals surface area contributed by atoms with Crippen molar-refractivity contribution < 1.29 is 4.74 Å². The molecule has 0 spiro atoms. The Morgan fingerprint density at radius 3 is 2.70 bits per heavy atom. The van der Waals surface area contributed by atoms with Gasteiger partial charge in [-0.1, -0.05) is 6.92 Å². The summed E-state index contributed by atoms with van der Waals surface area (Å²) in [6.45, 7) is 3.62. The van der Waals surface area contributed by atoms with Gasteiger partial charge in [0.1, 0.15) is 5.75 Å². The summed E-state index contributed by atoms with van der Waals surface area (Å²) in [5.74, 6) is 0.843. The number of benzene rings is 1. The number of methoxy groups -OCH3 is 1. The normalized spacial score (nSPS) is 12.2. The van der Waals surface area contributed by atoms with Gasteiger partial charge in [-0.15, -0.1) is 0 Å². The van der Waals surface area contributed by atoms with Gasteiger partial charge in [0.15, 0.2) is 0 Å². The lowest BCUT2D eigenvalue weighted by atomic mass is 10.2. The first kappa shape index (κ1) is 14.4. The van der Waals surface area contributed by atoms with E-state index >= 15 is 0 Å². The van der Waals surface area contributed by atoms with Gasteiger partial charge >= 0.3 is 0 Å². The van der Waals surface area contributed by atoms with Crippen LogP contribution in [0, 0.1) is 0 Å². The fourth-order valence-electron chi connectivity index (χ4n) is 2.19. The topological polar surface area (TPSA) is 65.1 Å². The number of rotatable bonds is 7. The van der Waals surface area contributed by atoms with Crippen molar-refractivity contribution in [3.8, 4) is 5.75 Å². The molecule has 0 saturated heterocycles. The number of ether oxygens (including phenoxy) is 1. The van der Waals surface area contributed by atoms with Gasteiger partial charge in [-0.3, -0.25) is 0 Å². The van der Waals surface area contributed by atoms with Crippen LogP contribution in [0.25, 0.3) is 0 Å². The summed E-state index contributed by atoms with van der Waals surface area (Å²) in [7, 11) is 1.66. The molecule has 0 amide bonds. The number of hydrogen-bond acceptors (Lipinski definition) is 4. The smallest absolute Gasteiger partial charge is 0.119 e. The van der Waals surface area contributed by atoms with Crippen molar-refractivity contribution in [1.29, 1.82) is 0 Å². The van der Waals surface area contributed by atoms with E-state index in [2.05, 4.69) is 21.8 Å². The third-order valence-electron chi connectivity index (χ3n) is 3.23. The van der Waals surface area contributed by atoms with Crippen LogP contribution >= 0.6 is 0 Å². The highest BCUT2D eigenvalue weighted by Crippen LogP contribution is 2.21. The van der Waals surface area contributed by atoms with E-state index in [4.69, 9.17) is 10.5 Å². The first-order chi connectivity index (χ1) is 9.78. The summed E-state index contributed by atoms with van der Waals surface area (Å²) >= 11 is 0. The number of aryl methyl sites for hydroxylation is 1. The maximum Gasteiger partial charge on any atom is 0.119 e. The van der Waals surface area contributed by atoms with Crippen molar-refractivity contribution in [2.75, 3.05) is 19.0 Å². The predicted octanol–water partition coefficient (Wildman–Crippen LogP) is 2.41. The molecule has 0 fully saturated rings. The van der Waals surface area contributed by atoms with E-state index in [-0.39, 0.29) is 6.04 Å². The lowest BCUT2D eigenvalue weighted by Gasteiger charge is -2.20. The first-order valence-electron chi connectivity index (χ1n) is 6.89. The van der Waals surface area contributed by atoms with Crippen LogP contribution in [0.2, 0.25) is 0 Å². The van der Waals surface area contributed by atoms with Crippen LogP contribution in [0.5, 0.6) is 5.75 Å². The second kappa shape index (κ2) is 6.96. The van der Waals surface area contributed by atoms with Crippen molar-refractivity contribution in [1.82, 2.24) is 9.55 Å². The number of hydrogen-bond donors (Lipinski definition) is 2. The molecule has 5 heteroatoms. The van der Waals surface area contributed by atoms with E-state index in [1.165, 1.54) is 0 Å². The standard InChI is InChI=1S/C15H22N4O/c1-3-8-19-11-17-10-15(19)14(9-16)18-12-4-6-13(20-2)7-5-12/h4-7,10-11,14,18H,3,8-9,16H2,1-2H3. The Morgan fingerprint density at radius 1 is 1.35 bits per heavy atom. The molecule has 20 heavy (non-hydrogen) atoms. The van der Waals surface area contributed by atoms with Crippen molar-refractivity contribution in [2.45, 2.75) is 25.9 Å². The minimum atomic E-state index is 0.0532. The third-order valence-corrected chi connectivity index (χ3v) is 3.23. The van der Waals surface area contributed by atoms with Gasteiger partial charge in [-0.2, -0.15) is 0 Å². The quantitative estimate of drug-likeness (QED) is 0.813. The molecule has 0 aliphatic rings.